The zero-order valence-electron chi connectivity index (χ0n) is 44.1. The number of pyridine rings is 3. The van der Waals surface area contributed by atoms with Crippen molar-refractivity contribution in [2.75, 3.05) is 20.0 Å². The third-order valence-corrected chi connectivity index (χ3v) is 13.8. The number of methoxy groups -OCH3 is 2. The van der Waals surface area contributed by atoms with Gasteiger partial charge < -0.3 is 55.9 Å². The topological polar surface area (TPSA) is 314 Å². The first-order chi connectivity index (χ1) is 41.0. The molecule has 8 rings (SSSR count). The van der Waals surface area contributed by atoms with Crippen LogP contribution in [0.5, 0.6) is 40.5 Å². The number of nitrogen functional groups attached to an aromatic ring is 1. The number of carboxylic acids is 2. The van der Waals surface area contributed by atoms with Crippen molar-refractivity contribution in [2.45, 2.75) is 18.5 Å². The molecule has 1 amide bonds. The molecule has 0 atom stereocenters. The summed E-state index contributed by atoms with van der Waals surface area (Å²) in [6, 6.07) is 26.9. The van der Waals surface area contributed by atoms with Crippen LogP contribution in [0.4, 0.5) is 49.6 Å². The van der Waals surface area contributed by atoms with Crippen molar-refractivity contribution in [2.24, 2.45) is 5.73 Å². The second kappa shape index (κ2) is 33.9. The van der Waals surface area contributed by atoms with Crippen molar-refractivity contribution in [3.8, 4) is 40.5 Å². The van der Waals surface area contributed by atoms with Crippen LogP contribution in [0.2, 0.25) is 0 Å². The number of phenols is 3. The van der Waals surface area contributed by atoms with E-state index in [0.29, 0.717) is 22.3 Å². The van der Waals surface area contributed by atoms with Crippen LogP contribution < -0.4 is 20.9 Å². The molecular weight excluding hydrogens is 1650 g/mol. The van der Waals surface area contributed by atoms with Gasteiger partial charge in [-0.3, -0.25) is 4.79 Å². The fourth-order valence-corrected chi connectivity index (χ4v) is 8.25. The summed E-state index contributed by atoms with van der Waals surface area (Å²) in [5, 5.41) is 43.9. The number of aromatic carboxylic acids is 2. The third-order valence-electron chi connectivity index (χ3n) is 10.00. The van der Waals surface area contributed by atoms with Crippen molar-refractivity contribution in [1.82, 2.24) is 15.0 Å². The average Bonchev–Trinajstić information content (AvgIpc) is 3.58. The van der Waals surface area contributed by atoms with E-state index in [2.05, 4.69) is 24.4 Å². The quantitative estimate of drug-likeness (QED) is 0.0176. The molecule has 0 aliphatic carbocycles. The van der Waals surface area contributed by atoms with Gasteiger partial charge in [-0.1, -0.05) is 0 Å². The lowest BCUT2D eigenvalue weighted by Gasteiger charge is -2.13. The van der Waals surface area contributed by atoms with E-state index in [0.717, 1.165) is 34.0 Å². The Morgan fingerprint density at radius 2 is 0.784 bits per heavy atom. The molecule has 0 unspecified atom stereocenters. The summed E-state index contributed by atoms with van der Waals surface area (Å²) < 4.78 is 147. The number of aromatic nitrogens is 3. The van der Waals surface area contributed by atoms with Gasteiger partial charge in [-0.25, -0.2) is 34.1 Å². The fourth-order valence-electron chi connectivity index (χ4n) is 5.97. The number of ether oxygens (including phenoxy) is 4. The van der Waals surface area contributed by atoms with E-state index in [9.17, 15) is 67.9 Å². The van der Waals surface area contributed by atoms with Crippen LogP contribution in [0.3, 0.4) is 0 Å². The molecule has 0 aliphatic heterocycles. The maximum absolute atomic E-state index is 12.9. The Morgan fingerprint density at radius 3 is 1.14 bits per heavy atom. The van der Waals surface area contributed by atoms with Crippen LogP contribution in [-0.4, -0.2) is 84.5 Å². The van der Waals surface area contributed by atoms with E-state index in [1.54, 1.807) is 18.2 Å². The highest BCUT2D eigenvalue weighted by Gasteiger charge is 2.37. The molecule has 0 aliphatic rings. The number of aromatic hydroxyl groups is 3. The number of primary amides is 1. The number of nitrogens with two attached hydrogens (primary N) is 2. The lowest BCUT2D eigenvalue weighted by Crippen LogP contribution is -2.13. The van der Waals surface area contributed by atoms with E-state index >= 15 is 0 Å². The zero-order valence-corrected chi connectivity index (χ0v) is 52.7. The lowest BCUT2D eigenvalue weighted by atomic mass is 10.2. The van der Waals surface area contributed by atoms with Gasteiger partial charge in [0.2, 0.25) is 23.6 Å². The Kier molecular flexibility index (Phi) is 28.6. The van der Waals surface area contributed by atoms with Crippen LogP contribution in [0.25, 0.3) is 0 Å². The molecule has 3 heterocycles. The first-order valence-electron chi connectivity index (χ1n) is 23.2. The number of anilines is 1. The van der Waals surface area contributed by atoms with Gasteiger partial charge in [0, 0.05) is 38.6 Å². The number of phenolic OH excluding ortho intramolecular Hbond substituents is 3. The number of hydrogen-bond acceptors (Lipinski definition) is 16. The van der Waals surface area contributed by atoms with Gasteiger partial charge in [0.05, 0.1) is 42.0 Å². The Bertz CT molecular complexity index is 3710. The molecule has 0 spiro atoms. The fraction of sp³-hybridized carbons (Fsp3) is 0.0909. The minimum atomic E-state index is -4.65. The minimum Gasteiger partial charge on any atom is -0.508 e. The predicted molar refractivity (Wildman–Crippen MR) is 325 cm³/mol. The van der Waals surface area contributed by atoms with Crippen molar-refractivity contribution >= 4 is 126 Å². The molecular formula is C55H39F10I4N5O14. The summed E-state index contributed by atoms with van der Waals surface area (Å²) in [6.07, 6.45) is -10.5. The molecule has 33 heteroatoms. The molecule has 88 heavy (non-hydrogen) atoms. The van der Waals surface area contributed by atoms with Gasteiger partial charge in [-0.2, -0.15) is 43.9 Å². The van der Waals surface area contributed by atoms with Crippen LogP contribution in [0.15, 0.2) is 146 Å². The van der Waals surface area contributed by atoms with Crippen LogP contribution in [-0.2, 0) is 28.0 Å². The van der Waals surface area contributed by atoms with E-state index in [4.69, 9.17) is 46.5 Å². The summed E-state index contributed by atoms with van der Waals surface area (Å²) in [4.78, 5) is 64.7. The van der Waals surface area contributed by atoms with E-state index < -0.39 is 82.7 Å². The maximum atomic E-state index is 12.9. The second-order valence-electron chi connectivity index (χ2n) is 16.1. The summed E-state index contributed by atoms with van der Waals surface area (Å²) in [5.74, 6) is -6.49. The smallest absolute Gasteiger partial charge is 0.421 e. The van der Waals surface area contributed by atoms with E-state index in [1.165, 1.54) is 105 Å². The number of rotatable bonds is 9. The molecule has 0 saturated carbocycles. The van der Waals surface area contributed by atoms with Gasteiger partial charge in [0.1, 0.15) is 45.4 Å². The maximum Gasteiger partial charge on any atom is 0.421 e. The van der Waals surface area contributed by atoms with Crippen LogP contribution in [0, 0.1) is 20.2 Å². The summed E-state index contributed by atoms with van der Waals surface area (Å²) in [5.41, 5.74) is 8.11. The molecule has 5 aromatic carbocycles. The SMILES string of the molecule is COC(=O)c1cc(O)ccc1I.COC(=O)c1cc(Oc2ncccc2C(F)(F)F)ccc1I.Fc1ncccc1C(F)(F)F.NC(=O)c1cc(Oc2ncccc2C(F)(F)F)ccc1I.Nc1ccc(O)cc1C(=O)O.O=C(O)c1cc(O)ccc1I. The number of carboxylic acid groups (broad SMARTS) is 2. The standard InChI is InChI=1S/C14H9F3INO3.C13H8F3IN2O2.C8H7IO3.C7H5IO3.C7H7NO3.C6H3F4N/c1-21-13(20)9-7-8(4-5-11(9)18)22-12-10(14(15,16)17)3-2-6-19-12;14-13(15,16)9-2-1-5-19-12(9)21-7-3-4-10(17)8(6-7)11(18)20;1-12-8(11)6-4-5(10)2-3-7(6)9;2*8-6-2-1-4(9)3-5(6)7(10)11;7-5-4(6(8,9)10)2-1-3-11-5/h2-7H,1H3;1-6H,(H2,18,20);2-4,10H,1H3;1-3,9H,(H,10,11);1-3,9H,8H2,(H,10,11);1-3H. The van der Waals surface area contributed by atoms with Crippen molar-refractivity contribution in [3.05, 3.63) is 211 Å². The van der Waals surface area contributed by atoms with Gasteiger partial charge >= 0.3 is 42.4 Å². The Balaban J connectivity index is 0.000000284. The number of carbonyl (C=O) groups is 5. The highest BCUT2D eigenvalue weighted by Crippen LogP contribution is 2.39. The third kappa shape index (κ3) is 23.5. The summed E-state index contributed by atoms with van der Waals surface area (Å²) in [6.45, 7) is 0. The Morgan fingerprint density at radius 1 is 0.455 bits per heavy atom. The van der Waals surface area contributed by atoms with Crippen LogP contribution in [0.1, 0.15) is 68.5 Å². The number of carbonyl (C=O) groups excluding carboxylic acids is 3. The zero-order chi connectivity index (χ0) is 66.4. The molecule has 8 aromatic rings. The number of alkyl halides is 9. The number of amides is 1. The van der Waals surface area contributed by atoms with Gasteiger partial charge in [-0.15, -0.1) is 0 Å². The molecule has 0 radical (unpaired) electrons. The van der Waals surface area contributed by atoms with Gasteiger partial charge in [-0.05, 0) is 218 Å². The molecule has 466 valence electrons. The monoisotopic (exact) mass is 1690 g/mol. The highest BCUT2D eigenvalue weighted by molar-refractivity contribution is 14.1. The normalized spacial score (nSPS) is 10.6. The number of hydrogen-bond donors (Lipinski definition) is 7. The number of esters is 2. The van der Waals surface area contributed by atoms with Gasteiger partial charge in [0.25, 0.3) is 0 Å². The van der Waals surface area contributed by atoms with Crippen molar-refractivity contribution in [1.29, 1.82) is 0 Å². The largest absolute Gasteiger partial charge is 0.508 e. The number of halogens is 14. The molecule has 0 saturated heterocycles. The first kappa shape index (κ1) is 74.2. The predicted octanol–water partition coefficient (Wildman–Crippen LogP) is 14.3. The summed E-state index contributed by atoms with van der Waals surface area (Å²) >= 11 is 7.71. The average molecular weight is 1690 g/mol. The lowest BCUT2D eigenvalue weighted by molar-refractivity contribution is -0.141. The molecule has 0 fully saturated rings. The van der Waals surface area contributed by atoms with Crippen LogP contribution >= 0.6 is 90.4 Å². The minimum absolute atomic E-state index is 0.0252. The number of benzene rings is 5. The number of nitrogens with zero attached hydrogens (tertiary/aromatic N) is 3. The summed E-state index contributed by atoms with van der Waals surface area (Å²) in [7, 11) is 2.52. The molecule has 0 bridgehead atoms. The highest BCUT2D eigenvalue weighted by atomic mass is 127. The second-order valence-corrected chi connectivity index (χ2v) is 20.7. The van der Waals surface area contributed by atoms with Gasteiger partial charge in [0.15, 0.2) is 0 Å². The van der Waals surface area contributed by atoms with Crippen molar-refractivity contribution in [3.63, 3.8) is 0 Å². The Hall–Kier alpha value is -8.08. The molecule has 19 nitrogen and oxygen atoms in total. The van der Waals surface area contributed by atoms with E-state index in [1.807, 2.05) is 90.4 Å². The van der Waals surface area contributed by atoms with Crippen molar-refractivity contribution < 1.29 is 112 Å². The molecule has 3 aromatic heterocycles. The first-order valence-corrected chi connectivity index (χ1v) is 27.5. The Labute approximate surface area is 544 Å². The molecule has 9 N–H and O–H groups in total. The van der Waals surface area contributed by atoms with E-state index in [-0.39, 0.29) is 56.7 Å².